The van der Waals surface area contributed by atoms with E-state index >= 15 is 0 Å². The molecule has 0 unspecified atom stereocenters. The number of carbonyl (C=O) groups excluding carboxylic acids is 2. The van der Waals surface area contributed by atoms with Crippen LogP contribution in [0.3, 0.4) is 0 Å². The topological polar surface area (TPSA) is 64.7 Å². The summed E-state index contributed by atoms with van der Waals surface area (Å²) in [6.45, 7) is 5.02. The van der Waals surface area contributed by atoms with Gasteiger partial charge in [0.25, 0.3) is 5.91 Å². The van der Waals surface area contributed by atoms with Crippen molar-refractivity contribution in [3.8, 4) is 0 Å². The predicted molar refractivity (Wildman–Crippen MR) is 130 cm³/mol. The van der Waals surface area contributed by atoms with Crippen LogP contribution in [-0.4, -0.2) is 56.0 Å². The molecule has 32 heavy (non-hydrogen) atoms. The Hall–Kier alpha value is -2.28. The summed E-state index contributed by atoms with van der Waals surface area (Å²) in [4.78, 5) is 28.9. The third-order valence-corrected chi connectivity index (χ3v) is 6.69. The van der Waals surface area contributed by atoms with Crippen LogP contribution in [0.25, 0.3) is 0 Å². The Morgan fingerprint density at radius 1 is 1.06 bits per heavy atom. The van der Waals surface area contributed by atoms with Crippen LogP contribution in [-0.2, 0) is 4.79 Å². The largest absolute Gasteiger partial charge is 0.370 e. The number of halogens is 2. The second kappa shape index (κ2) is 10.6. The first-order valence-electron chi connectivity index (χ1n) is 11.1. The van der Waals surface area contributed by atoms with Crippen LogP contribution in [0.4, 0.5) is 11.4 Å². The fourth-order valence-electron chi connectivity index (χ4n) is 4.42. The minimum absolute atomic E-state index is 0.126. The molecule has 2 aliphatic rings. The molecular formula is C24H28Cl2N4O2. The van der Waals surface area contributed by atoms with Crippen molar-refractivity contribution in [1.29, 1.82) is 0 Å². The van der Waals surface area contributed by atoms with Crippen molar-refractivity contribution in [2.75, 3.05) is 49.5 Å². The third kappa shape index (κ3) is 5.94. The van der Waals surface area contributed by atoms with Gasteiger partial charge in [0.05, 0.1) is 17.9 Å². The summed E-state index contributed by atoms with van der Waals surface area (Å²) >= 11 is 12.3. The Balaban J connectivity index is 1.36. The summed E-state index contributed by atoms with van der Waals surface area (Å²) in [5.41, 5.74) is 2.20. The average molecular weight is 475 g/mol. The van der Waals surface area contributed by atoms with E-state index in [1.807, 2.05) is 12.1 Å². The van der Waals surface area contributed by atoms with E-state index in [1.54, 1.807) is 30.3 Å². The van der Waals surface area contributed by atoms with E-state index in [9.17, 15) is 9.59 Å². The van der Waals surface area contributed by atoms with Crippen LogP contribution in [0.1, 0.15) is 29.6 Å². The number of anilines is 2. The molecule has 2 aliphatic heterocycles. The molecule has 0 saturated carbocycles. The molecule has 0 aliphatic carbocycles. The SMILES string of the molecule is O=C1CN(CCC2CCN(c3ccc(Cl)cc3NC(=O)c3cccc(Cl)c3)CC2)CCN1. The number of nitrogens with one attached hydrogen (secondary N) is 2. The lowest BCUT2D eigenvalue weighted by Crippen LogP contribution is -2.48. The Bertz CT molecular complexity index is 976. The minimum Gasteiger partial charge on any atom is -0.370 e. The van der Waals surface area contributed by atoms with Gasteiger partial charge in [-0.15, -0.1) is 0 Å². The molecule has 2 amide bonds. The molecule has 0 bridgehead atoms. The Morgan fingerprint density at radius 2 is 1.84 bits per heavy atom. The van der Waals surface area contributed by atoms with Gasteiger partial charge in [-0.05, 0) is 68.1 Å². The molecule has 2 heterocycles. The number of hydrogen-bond acceptors (Lipinski definition) is 4. The highest BCUT2D eigenvalue weighted by atomic mass is 35.5. The number of carbonyl (C=O) groups is 2. The molecule has 170 valence electrons. The molecule has 0 aromatic heterocycles. The van der Waals surface area contributed by atoms with Crippen LogP contribution in [0.2, 0.25) is 10.0 Å². The fraction of sp³-hybridized carbons (Fsp3) is 0.417. The van der Waals surface area contributed by atoms with Crippen molar-refractivity contribution in [2.24, 2.45) is 5.92 Å². The standard InChI is InChI=1S/C24H28Cl2N4O2/c25-19-3-1-2-18(14-19)24(32)28-21-15-20(26)4-5-22(21)30-11-7-17(8-12-30)6-10-29-13-9-27-23(31)16-29/h1-5,14-15,17H,6-13,16H2,(H,27,31)(H,28,32). The van der Waals surface area contributed by atoms with Gasteiger partial charge < -0.3 is 15.5 Å². The van der Waals surface area contributed by atoms with Crippen LogP contribution in [0.5, 0.6) is 0 Å². The van der Waals surface area contributed by atoms with Crippen molar-refractivity contribution in [1.82, 2.24) is 10.2 Å². The summed E-state index contributed by atoms with van der Waals surface area (Å²) in [6, 6.07) is 12.5. The van der Waals surface area contributed by atoms with E-state index < -0.39 is 0 Å². The van der Waals surface area contributed by atoms with Crippen LogP contribution >= 0.6 is 23.2 Å². The molecule has 6 nitrogen and oxygen atoms in total. The number of piperidine rings is 1. The van der Waals surface area contributed by atoms with E-state index in [-0.39, 0.29) is 11.8 Å². The van der Waals surface area contributed by atoms with E-state index in [0.717, 1.165) is 57.7 Å². The van der Waals surface area contributed by atoms with Gasteiger partial charge in [-0.1, -0.05) is 29.3 Å². The van der Waals surface area contributed by atoms with E-state index in [1.165, 1.54) is 0 Å². The molecule has 8 heteroatoms. The zero-order chi connectivity index (χ0) is 22.5. The minimum atomic E-state index is -0.212. The van der Waals surface area contributed by atoms with Crippen molar-refractivity contribution < 1.29 is 9.59 Å². The highest BCUT2D eigenvalue weighted by molar-refractivity contribution is 6.31. The Morgan fingerprint density at radius 3 is 2.59 bits per heavy atom. The average Bonchev–Trinajstić information content (AvgIpc) is 2.78. The Labute approximate surface area is 198 Å². The number of piperazine rings is 1. The van der Waals surface area contributed by atoms with Gasteiger partial charge in [0.2, 0.25) is 5.91 Å². The Kier molecular flexibility index (Phi) is 7.55. The summed E-state index contributed by atoms with van der Waals surface area (Å²) in [5.74, 6) is 0.561. The molecule has 0 spiro atoms. The maximum atomic E-state index is 12.8. The van der Waals surface area contributed by atoms with Crippen LogP contribution in [0.15, 0.2) is 42.5 Å². The van der Waals surface area contributed by atoms with Crippen LogP contribution in [0, 0.1) is 5.92 Å². The van der Waals surface area contributed by atoms with Gasteiger partial charge >= 0.3 is 0 Å². The highest BCUT2D eigenvalue weighted by Crippen LogP contribution is 2.33. The summed E-state index contributed by atoms with van der Waals surface area (Å²) in [6.07, 6.45) is 3.29. The molecular weight excluding hydrogens is 447 g/mol. The van der Waals surface area contributed by atoms with Crippen molar-refractivity contribution in [2.45, 2.75) is 19.3 Å². The fourth-order valence-corrected chi connectivity index (χ4v) is 4.78. The molecule has 2 N–H and O–H groups in total. The van der Waals surface area contributed by atoms with E-state index in [2.05, 4.69) is 20.4 Å². The quantitative estimate of drug-likeness (QED) is 0.655. The smallest absolute Gasteiger partial charge is 0.255 e. The summed E-state index contributed by atoms with van der Waals surface area (Å²) < 4.78 is 0. The molecule has 0 radical (unpaired) electrons. The number of amides is 2. The number of nitrogens with zero attached hydrogens (tertiary/aromatic N) is 2. The van der Waals surface area contributed by atoms with Gasteiger partial charge in [-0.3, -0.25) is 14.5 Å². The van der Waals surface area contributed by atoms with Gasteiger partial charge in [0.1, 0.15) is 0 Å². The van der Waals surface area contributed by atoms with Crippen molar-refractivity contribution in [3.05, 3.63) is 58.1 Å². The molecule has 4 rings (SSSR count). The lowest BCUT2D eigenvalue weighted by Gasteiger charge is -2.36. The second-order valence-corrected chi connectivity index (χ2v) is 9.34. The first-order chi connectivity index (χ1) is 15.5. The predicted octanol–water partition coefficient (Wildman–Crippen LogP) is 4.28. The first-order valence-corrected chi connectivity index (χ1v) is 11.8. The zero-order valence-electron chi connectivity index (χ0n) is 17.9. The summed E-state index contributed by atoms with van der Waals surface area (Å²) in [5, 5.41) is 6.99. The molecule has 2 fully saturated rings. The third-order valence-electron chi connectivity index (χ3n) is 6.22. The van der Waals surface area contributed by atoms with E-state index in [4.69, 9.17) is 23.2 Å². The number of hydrogen-bond donors (Lipinski definition) is 2. The van der Waals surface area contributed by atoms with E-state index in [0.29, 0.717) is 33.8 Å². The number of rotatable bonds is 6. The van der Waals surface area contributed by atoms with Gasteiger partial charge in [-0.25, -0.2) is 0 Å². The van der Waals surface area contributed by atoms with Gasteiger partial charge in [0.15, 0.2) is 0 Å². The zero-order valence-corrected chi connectivity index (χ0v) is 19.5. The van der Waals surface area contributed by atoms with Crippen molar-refractivity contribution in [3.63, 3.8) is 0 Å². The number of benzene rings is 2. The monoisotopic (exact) mass is 474 g/mol. The lowest BCUT2D eigenvalue weighted by molar-refractivity contribution is -0.124. The molecule has 2 saturated heterocycles. The highest BCUT2D eigenvalue weighted by Gasteiger charge is 2.24. The molecule has 0 atom stereocenters. The molecule has 2 aromatic carbocycles. The maximum absolute atomic E-state index is 12.8. The van der Waals surface area contributed by atoms with Crippen LogP contribution < -0.4 is 15.5 Å². The van der Waals surface area contributed by atoms with Gasteiger partial charge in [-0.2, -0.15) is 0 Å². The maximum Gasteiger partial charge on any atom is 0.255 e. The summed E-state index contributed by atoms with van der Waals surface area (Å²) in [7, 11) is 0. The normalized spacial score (nSPS) is 17.8. The first kappa shape index (κ1) is 22.9. The molecule has 2 aromatic rings. The van der Waals surface area contributed by atoms with Gasteiger partial charge in [0, 0.05) is 41.8 Å². The van der Waals surface area contributed by atoms with Crippen molar-refractivity contribution >= 4 is 46.4 Å². The second-order valence-electron chi connectivity index (χ2n) is 8.47. The lowest BCUT2D eigenvalue weighted by atomic mass is 9.92.